The van der Waals surface area contributed by atoms with E-state index >= 15 is 0 Å². The van der Waals surface area contributed by atoms with Crippen LogP contribution < -0.4 is 0 Å². The van der Waals surface area contributed by atoms with Gasteiger partial charge in [-0.3, -0.25) is 9.69 Å². The molecular weight excluding hydrogens is 339 g/mol. The lowest BCUT2D eigenvalue weighted by atomic mass is 10.2. The lowest BCUT2D eigenvalue weighted by Gasteiger charge is -2.11. The van der Waals surface area contributed by atoms with Gasteiger partial charge >= 0.3 is 5.97 Å². The van der Waals surface area contributed by atoms with Crippen LogP contribution in [-0.2, 0) is 11.3 Å². The third-order valence-electron chi connectivity index (χ3n) is 2.82. The standard InChI is InChI=1S/C13H12F3N3O3.ClH/c1-19(3-2-11(20)21)6-10-17-13(18-22-10)7-4-8(14)12(16)9(15)5-7;/h4-5H,2-3,6H2,1H3,(H,20,21);1H. The fraction of sp³-hybridized carbons (Fsp3) is 0.308. The summed E-state index contributed by atoms with van der Waals surface area (Å²) in [7, 11) is 1.66. The van der Waals surface area contributed by atoms with Crippen LogP contribution >= 0.6 is 12.4 Å². The fourth-order valence-corrected chi connectivity index (χ4v) is 1.72. The molecule has 1 aromatic heterocycles. The van der Waals surface area contributed by atoms with Gasteiger partial charge in [0.25, 0.3) is 0 Å². The van der Waals surface area contributed by atoms with Gasteiger partial charge in [0.15, 0.2) is 17.5 Å². The Morgan fingerprint density at radius 2 is 1.91 bits per heavy atom. The molecule has 0 aliphatic rings. The highest BCUT2D eigenvalue weighted by Gasteiger charge is 2.16. The van der Waals surface area contributed by atoms with E-state index in [0.29, 0.717) is 0 Å². The molecule has 0 saturated carbocycles. The Morgan fingerprint density at radius 3 is 2.48 bits per heavy atom. The van der Waals surface area contributed by atoms with Crippen LogP contribution in [0, 0.1) is 17.5 Å². The van der Waals surface area contributed by atoms with E-state index in [-0.39, 0.29) is 49.2 Å². The molecule has 0 saturated heterocycles. The molecule has 0 radical (unpaired) electrons. The molecular formula is C13H13ClF3N3O3. The van der Waals surface area contributed by atoms with Gasteiger partial charge in [-0.25, -0.2) is 13.2 Å². The highest BCUT2D eigenvalue weighted by Crippen LogP contribution is 2.21. The third kappa shape index (κ3) is 4.93. The number of carbonyl (C=O) groups is 1. The van der Waals surface area contributed by atoms with Crippen LogP contribution in [0.25, 0.3) is 11.4 Å². The average molecular weight is 352 g/mol. The van der Waals surface area contributed by atoms with E-state index in [0.717, 1.165) is 12.1 Å². The molecule has 1 aromatic carbocycles. The number of carboxylic acids is 1. The summed E-state index contributed by atoms with van der Waals surface area (Å²) in [5.41, 5.74) is -0.0559. The van der Waals surface area contributed by atoms with Crippen molar-refractivity contribution in [2.24, 2.45) is 0 Å². The first-order valence-electron chi connectivity index (χ1n) is 6.24. The number of halogens is 4. The van der Waals surface area contributed by atoms with Crippen molar-refractivity contribution in [2.75, 3.05) is 13.6 Å². The zero-order valence-corrected chi connectivity index (χ0v) is 12.7. The monoisotopic (exact) mass is 351 g/mol. The average Bonchev–Trinajstić information content (AvgIpc) is 2.90. The first kappa shape index (κ1) is 18.9. The van der Waals surface area contributed by atoms with Crippen molar-refractivity contribution in [1.29, 1.82) is 0 Å². The second kappa shape index (κ2) is 7.93. The molecule has 126 valence electrons. The van der Waals surface area contributed by atoms with Gasteiger partial charge in [0.2, 0.25) is 11.7 Å². The van der Waals surface area contributed by atoms with Crippen molar-refractivity contribution in [3.63, 3.8) is 0 Å². The Kier molecular flexibility index (Phi) is 6.52. The zero-order valence-electron chi connectivity index (χ0n) is 11.9. The Hall–Kier alpha value is -2.13. The Labute approximate surface area is 135 Å². The maximum atomic E-state index is 13.2. The van der Waals surface area contributed by atoms with E-state index in [4.69, 9.17) is 9.63 Å². The number of aliphatic carboxylic acids is 1. The van der Waals surface area contributed by atoms with E-state index in [9.17, 15) is 18.0 Å². The van der Waals surface area contributed by atoms with Gasteiger partial charge < -0.3 is 9.63 Å². The quantitative estimate of drug-likeness (QED) is 0.805. The number of hydrogen-bond donors (Lipinski definition) is 1. The highest BCUT2D eigenvalue weighted by atomic mass is 35.5. The van der Waals surface area contributed by atoms with Gasteiger partial charge in [-0.1, -0.05) is 5.16 Å². The molecule has 0 amide bonds. The van der Waals surface area contributed by atoms with Gasteiger partial charge in [-0.05, 0) is 19.2 Å². The first-order chi connectivity index (χ1) is 10.4. The van der Waals surface area contributed by atoms with Gasteiger partial charge in [0, 0.05) is 12.1 Å². The van der Waals surface area contributed by atoms with Crippen molar-refractivity contribution in [3.8, 4) is 11.4 Å². The van der Waals surface area contributed by atoms with Crippen molar-refractivity contribution in [3.05, 3.63) is 35.5 Å². The van der Waals surface area contributed by atoms with E-state index in [1.165, 1.54) is 0 Å². The van der Waals surface area contributed by atoms with Crippen molar-refractivity contribution in [1.82, 2.24) is 15.0 Å². The summed E-state index contributed by atoms with van der Waals surface area (Å²) in [6.45, 7) is 0.444. The number of carboxylic acid groups (broad SMARTS) is 1. The van der Waals surface area contributed by atoms with Crippen LogP contribution in [0.4, 0.5) is 13.2 Å². The second-order valence-corrected chi connectivity index (χ2v) is 4.65. The molecule has 0 aliphatic heterocycles. The van der Waals surface area contributed by atoms with Gasteiger partial charge in [0.1, 0.15) is 0 Å². The predicted molar refractivity (Wildman–Crippen MR) is 75.4 cm³/mol. The molecule has 2 rings (SSSR count). The molecule has 0 unspecified atom stereocenters. The Morgan fingerprint density at radius 1 is 1.30 bits per heavy atom. The first-order valence-corrected chi connectivity index (χ1v) is 6.24. The van der Waals surface area contributed by atoms with E-state index in [2.05, 4.69) is 10.1 Å². The third-order valence-corrected chi connectivity index (χ3v) is 2.82. The summed E-state index contributed by atoms with van der Waals surface area (Å²) in [5, 5.41) is 12.1. The van der Waals surface area contributed by atoms with Crippen LogP contribution in [0.2, 0.25) is 0 Å². The molecule has 1 N–H and O–H groups in total. The molecule has 2 aromatic rings. The lowest BCUT2D eigenvalue weighted by Crippen LogP contribution is -2.21. The molecule has 0 atom stereocenters. The van der Waals surface area contributed by atoms with E-state index < -0.39 is 23.4 Å². The lowest BCUT2D eigenvalue weighted by molar-refractivity contribution is -0.137. The molecule has 1 heterocycles. The van der Waals surface area contributed by atoms with Crippen LogP contribution in [0.3, 0.4) is 0 Å². The molecule has 0 fully saturated rings. The second-order valence-electron chi connectivity index (χ2n) is 4.65. The van der Waals surface area contributed by atoms with Gasteiger partial charge in [-0.2, -0.15) is 4.98 Å². The fourth-order valence-electron chi connectivity index (χ4n) is 1.72. The minimum Gasteiger partial charge on any atom is -0.481 e. The largest absolute Gasteiger partial charge is 0.481 e. The van der Waals surface area contributed by atoms with E-state index in [1.54, 1.807) is 11.9 Å². The van der Waals surface area contributed by atoms with Gasteiger partial charge in [0.05, 0.1) is 13.0 Å². The molecule has 0 spiro atoms. The number of aromatic nitrogens is 2. The number of rotatable bonds is 6. The normalized spacial score (nSPS) is 10.7. The minimum atomic E-state index is -1.57. The highest BCUT2D eigenvalue weighted by molar-refractivity contribution is 5.85. The van der Waals surface area contributed by atoms with Crippen LogP contribution in [0.5, 0.6) is 0 Å². The SMILES string of the molecule is CN(CCC(=O)O)Cc1nc(-c2cc(F)c(F)c(F)c2)no1.Cl. The topological polar surface area (TPSA) is 79.5 Å². The summed E-state index contributed by atoms with van der Waals surface area (Å²) < 4.78 is 44.1. The summed E-state index contributed by atoms with van der Waals surface area (Å²) in [5.74, 6) is -5.14. The maximum absolute atomic E-state index is 13.2. The number of hydrogen-bond acceptors (Lipinski definition) is 5. The van der Waals surface area contributed by atoms with Crippen molar-refractivity contribution < 1.29 is 27.6 Å². The summed E-state index contributed by atoms with van der Waals surface area (Å²) in [4.78, 5) is 16.0. The summed E-state index contributed by atoms with van der Waals surface area (Å²) in [6, 6.07) is 1.53. The number of benzene rings is 1. The molecule has 6 nitrogen and oxygen atoms in total. The Balaban J connectivity index is 0.00000264. The van der Waals surface area contributed by atoms with Crippen LogP contribution in [-0.4, -0.2) is 39.7 Å². The smallest absolute Gasteiger partial charge is 0.304 e. The molecule has 23 heavy (non-hydrogen) atoms. The maximum Gasteiger partial charge on any atom is 0.304 e. The molecule has 0 aliphatic carbocycles. The van der Waals surface area contributed by atoms with Crippen molar-refractivity contribution in [2.45, 2.75) is 13.0 Å². The zero-order chi connectivity index (χ0) is 16.3. The van der Waals surface area contributed by atoms with Crippen LogP contribution in [0.15, 0.2) is 16.7 Å². The van der Waals surface area contributed by atoms with Crippen LogP contribution in [0.1, 0.15) is 12.3 Å². The Bertz CT molecular complexity index is 673. The van der Waals surface area contributed by atoms with Crippen molar-refractivity contribution >= 4 is 18.4 Å². The molecule has 10 heteroatoms. The van der Waals surface area contributed by atoms with E-state index in [1.807, 2.05) is 0 Å². The predicted octanol–water partition coefficient (Wildman–Crippen LogP) is 2.48. The molecule has 0 bridgehead atoms. The minimum absolute atomic E-state index is 0. The summed E-state index contributed by atoms with van der Waals surface area (Å²) in [6.07, 6.45) is -0.0497. The summed E-state index contributed by atoms with van der Waals surface area (Å²) >= 11 is 0. The number of nitrogens with zero attached hydrogens (tertiary/aromatic N) is 3. The van der Waals surface area contributed by atoms with Gasteiger partial charge in [-0.15, -0.1) is 12.4 Å².